The predicted molar refractivity (Wildman–Crippen MR) is 132 cm³/mol. The Morgan fingerprint density at radius 3 is 0.821 bits per heavy atom. The van der Waals surface area contributed by atoms with E-state index in [1.165, 1.54) is 148 Å². The van der Waals surface area contributed by atoms with Crippen molar-refractivity contribution in [2.75, 3.05) is 0 Å². The lowest BCUT2D eigenvalue weighted by atomic mass is 10.0. The van der Waals surface area contributed by atoms with E-state index in [2.05, 4.69) is 19.6 Å². The minimum atomic E-state index is 0. The van der Waals surface area contributed by atoms with Crippen LogP contribution in [0.25, 0.3) is 0 Å². The van der Waals surface area contributed by atoms with Crippen molar-refractivity contribution in [3.8, 4) is 0 Å². The molecule has 0 atom stereocenters. The second-order valence-electron chi connectivity index (χ2n) is 8.50. The standard InChI is InChI=1S/C26H52.2H3N/c1-3-5-7-9-11-13-15-17-19-21-23-25-26-24-22-20-18-16-14-12-10-8-6-4-2;;/h3H,1,4-26H2,2H3;2*1H3. The van der Waals surface area contributed by atoms with Gasteiger partial charge in [0.1, 0.15) is 0 Å². The molecule has 0 aliphatic rings. The van der Waals surface area contributed by atoms with Gasteiger partial charge in [-0.1, -0.05) is 148 Å². The third-order valence-corrected chi connectivity index (χ3v) is 5.76. The molecular formula is C26H58N2. The first-order chi connectivity index (χ1) is 12.9. The Morgan fingerprint density at radius 1 is 0.393 bits per heavy atom. The molecule has 172 valence electrons. The topological polar surface area (TPSA) is 70.0 Å². The molecule has 0 saturated heterocycles. The first kappa shape index (κ1) is 32.3. The number of unbranched alkanes of at least 4 members (excludes halogenated alkanes) is 22. The van der Waals surface area contributed by atoms with Crippen molar-refractivity contribution in [2.24, 2.45) is 0 Å². The minimum absolute atomic E-state index is 0. The van der Waals surface area contributed by atoms with Gasteiger partial charge in [0.15, 0.2) is 0 Å². The average Bonchev–Trinajstić information content (AvgIpc) is 2.66. The third kappa shape index (κ3) is 30.4. The van der Waals surface area contributed by atoms with Crippen LogP contribution in [-0.4, -0.2) is 0 Å². The first-order valence-corrected chi connectivity index (χ1v) is 12.5. The van der Waals surface area contributed by atoms with Crippen LogP contribution >= 0.6 is 0 Å². The summed E-state index contributed by atoms with van der Waals surface area (Å²) in [5, 5.41) is 0. The number of allylic oxidation sites excluding steroid dienone is 1. The van der Waals surface area contributed by atoms with Gasteiger partial charge in [-0.25, -0.2) is 0 Å². The van der Waals surface area contributed by atoms with E-state index >= 15 is 0 Å². The zero-order valence-electron chi connectivity index (χ0n) is 20.0. The van der Waals surface area contributed by atoms with Crippen LogP contribution in [0.15, 0.2) is 12.7 Å². The molecule has 0 radical (unpaired) electrons. The fourth-order valence-electron chi connectivity index (χ4n) is 3.90. The van der Waals surface area contributed by atoms with Crippen LogP contribution in [0, 0.1) is 0 Å². The van der Waals surface area contributed by atoms with E-state index in [1.807, 2.05) is 0 Å². The Hall–Kier alpha value is -0.340. The van der Waals surface area contributed by atoms with Crippen LogP contribution in [0.4, 0.5) is 0 Å². The van der Waals surface area contributed by atoms with Gasteiger partial charge in [0.2, 0.25) is 0 Å². The largest absolute Gasteiger partial charge is 0.344 e. The summed E-state index contributed by atoms with van der Waals surface area (Å²) in [6, 6.07) is 0. The summed E-state index contributed by atoms with van der Waals surface area (Å²) in [4.78, 5) is 0. The highest BCUT2D eigenvalue weighted by atomic mass is 14.0. The smallest absolute Gasteiger partial charge is 0.0353 e. The van der Waals surface area contributed by atoms with E-state index in [9.17, 15) is 0 Å². The predicted octanol–water partition coefficient (Wildman–Crippen LogP) is 10.5. The number of rotatable bonds is 23. The molecule has 2 nitrogen and oxygen atoms in total. The van der Waals surface area contributed by atoms with Crippen molar-refractivity contribution < 1.29 is 0 Å². The van der Waals surface area contributed by atoms with Crippen molar-refractivity contribution in [2.45, 2.75) is 155 Å². The molecule has 0 aliphatic carbocycles. The minimum Gasteiger partial charge on any atom is -0.344 e. The highest BCUT2D eigenvalue weighted by Gasteiger charge is 1.95. The molecule has 28 heavy (non-hydrogen) atoms. The van der Waals surface area contributed by atoms with E-state index in [0.29, 0.717) is 0 Å². The van der Waals surface area contributed by atoms with Gasteiger partial charge in [-0.2, -0.15) is 0 Å². The summed E-state index contributed by atoms with van der Waals surface area (Å²) in [7, 11) is 0. The molecule has 0 bridgehead atoms. The van der Waals surface area contributed by atoms with Gasteiger partial charge in [0.05, 0.1) is 0 Å². The summed E-state index contributed by atoms with van der Waals surface area (Å²) in [6.07, 6.45) is 35.4. The summed E-state index contributed by atoms with van der Waals surface area (Å²) in [5.74, 6) is 0. The number of hydrogen-bond donors (Lipinski definition) is 2. The van der Waals surface area contributed by atoms with Crippen molar-refractivity contribution in [3.05, 3.63) is 12.7 Å². The molecule has 6 N–H and O–H groups in total. The molecule has 0 aromatic heterocycles. The van der Waals surface area contributed by atoms with E-state index in [4.69, 9.17) is 0 Å². The molecule has 0 unspecified atom stereocenters. The van der Waals surface area contributed by atoms with Gasteiger partial charge in [-0.3, -0.25) is 0 Å². The van der Waals surface area contributed by atoms with Crippen LogP contribution in [-0.2, 0) is 0 Å². The molecule has 0 heterocycles. The van der Waals surface area contributed by atoms with E-state index in [0.717, 1.165) is 0 Å². The second kappa shape index (κ2) is 31.4. The summed E-state index contributed by atoms with van der Waals surface area (Å²) >= 11 is 0. The molecule has 0 rings (SSSR count). The third-order valence-electron chi connectivity index (χ3n) is 5.76. The second-order valence-corrected chi connectivity index (χ2v) is 8.50. The molecule has 0 fully saturated rings. The Bertz CT molecular complexity index is 253. The van der Waals surface area contributed by atoms with Gasteiger partial charge < -0.3 is 12.3 Å². The van der Waals surface area contributed by atoms with Gasteiger partial charge >= 0.3 is 0 Å². The monoisotopic (exact) mass is 398 g/mol. The van der Waals surface area contributed by atoms with E-state index in [1.54, 1.807) is 0 Å². The zero-order valence-corrected chi connectivity index (χ0v) is 20.0. The zero-order chi connectivity index (χ0) is 19.0. The van der Waals surface area contributed by atoms with Gasteiger partial charge in [-0.15, -0.1) is 6.58 Å². The molecule has 0 amide bonds. The Labute approximate surface area is 179 Å². The highest BCUT2D eigenvalue weighted by molar-refractivity contribution is 4.65. The average molecular weight is 399 g/mol. The van der Waals surface area contributed by atoms with E-state index in [-0.39, 0.29) is 12.3 Å². The summed E-state index contributed by atoms with van der Waals surface area (Å²) in [6.45, 7) is 6.09. The molecule has 0 aromatic rings. The van der Waals surface area contributed by atoms with Crippen LogP contribution in [0.5, 0.6) is 0 Å². The number of hydrogen-bond acceptors (Lipinski definition) is 2. The SMILES string of the molecule is C=CCCCCCCCCCCCCCCCCCCCCCCCC.N.N. The van der Waals surface area contributed by atoms with Gasteiger partial charge in [-0.05, 0) is 12.8 Å². The van der Waals surface area contributed by atoms with Crippen molar-refractivity contribution in [1.29, 1.82) is 0 Å². The maximum Gasteiger partial charge on any atom is -0.0353 e. The fourth-order valence-corrected chi connectivity index (χ4v) is 3.90. The lowest BCUT2D eigenvalue weighted by Crippen LogP contribution is -1.84. The van der Waals surface area contributed by atoms with Crippen LogP contribution in [0.2, 0.25) is 0 Å². The Balaban J connectivity index is -0.00000312. The van der Waals surface area contributed by atoms with Crippen molar-refractivity contribution in [3.63, 3.8) is 0 Å². The first-order valence-electron chi connectivity index (χ1n) is 12.5. The molecule has 0 aliphatic heterocycles. The van der Waals surface area contributed by atoms with Crippen LogP contribution < -0.4 is 12.3 Å². The summed E-state index contributed by atoms with van der Waals surface area (Å²) < 4.78 is 0. The maximum atomic E-state index is 3.79. The quantitative estimate of drug-likeness (QED) is 0.133. The van der Waals surface area contributed by atoms with Gasteiger partial charge in [0, 0.05) is 0 Å². The lowest BCUT2D eigenvalue weighted by Gasteiger charge is -2.04. The van der Waals surface area contributed by atoms with Crippen LogP contribution in [0.3, 0.4) is 0 Å². The van der Waals surface area contributed by atoms with E-state index < -0.39 is 0 Å². The molecule has 2 heteroatoms. The Morgan fingerprint density at radius 2 is 0.607 bits per heavy atom. The molecular weight excluding hydrogens is 340 g/mol. The molecule has 0 saturated carbocycles. The fraction of sp³-hybridized carbons (Fsp3) is 0.923. The molecule has 0 aromatic carbocycles. The van der Waals surface area contributed by atoms with Crippen molar-refractivity contribution >= 4 is 0 Å². The van der Waals surface area contributed by atoms with Crippen molar-refractivity contribution in [1.82, 2.24) is 12.3 Å². The lowest BCUT2D eigenvalue weighted by molar-refractivity contribution is 0.519. The highest BCUT2D eigenvalue weighted by Crippen LogP contribution is 2.15. The van der Waals surface area contributed by atoms with Crippen LogP contribution in [0.1, 0.15) is 155 Å². The Kier molecular flexibility index (Phi) is 36.2. The molecule has 0 spiro atoms. The van der Waals surface area contributed by atoms with Gasteiger partial charge in [0.25, 0.3) is 0 Å². The normalized spacial score (nSPS) is 10.3. The maximum absolute atomic E-state index is 3.79. The summed E-state index contributed by atoms with van der Waals surface area (Å²) in [5.41, 5.74) is 0.